The second kappa shape index (κ2) is 6.96. The summed E-state index contributed by atoms with van der Waals surface area (Å²) >= 11 is 0. The van der Waals surface area contributed by atoms with Gasteiger partial charge in [0.1, 0.15) is 0 Å². The highest BCUT2D eigenvalue weighted by Gasteiger charge is 1.96. The third-order valence-electron chi connectivity index (χ3n) is 2.92. The molecule has 5 nitrogen and oxygen atoms in total. The smallest absolute Gasteiger partial charge is 0.0945 e. The molecule has 0 saturated carbocycles. The number of hydrogen-bond acceptors (Lipinski definition) is 3. The van der Waals surface area contributed by atoms with Crippen molar-refractivity contribution >= 4 is 0 Å². The number of aryl methyl sites for hydroxylation is 2. The first kappa shape index (κ1) is 12.8. The van der Waals surface area contributed by atoms with E-state index >= 15 is 0 Å². The number of aromatic nitrogens is 4. The first-order valence-corrected chi connectivity index (χ1v) is 6.56. The zero-order valence-electron chi connectivity index (χ0n) is 10.9. The molecule has 0 saturated heterocycles. The summed E-state index contributed by atoms with van der Waals surface area (Å²) in [5.74, 6) is 0. The van der Waals surface area contributed by atoms with Crippen LogP contribution < -0.4 is 5.32 Å². The van der Waals surface area contributed by atoms with Crippen molar-refractivity contribution in [3.63, 3.8) is 0 Å². The monoisotopic (exact) mass is 247 g/mol. The van der Waals surface area contributed by atoms with Crippen molar-refractivity contribution in [2.24, 2.45) is 0 Å². The van der Waals surface area contributed by atoms with Gasteiger partial charge >= 0.3 is 0 Å². The van der Waals surface area contributed by atoms with Crippen molar-refractivity contribution in [3.8, 4) is 0 Å². The zero-order valence-corrected chi connectivity index (χ0v) is 10.9. The molecule has 2 heterocycles. The van der Waals surface area contributed by atoms with E-state index in [0.29, 0.717) is 0 Å². The van der Waals surface area contributed by atoms with Crippen LogP contribution >= 0.6 is 0 Å². The first-order chi connectivity index (χ1) is 8.88. The third-order valence-corrected chi connectivity index (χ3v) is 2.92. The Balaban J connectivity index is 1.53. The summed E-state index contributed by atoms with van der Waals surface area (Å²) in [7, 11) is 0. The number of nitrogens with one attached hydrogen (secondary N) is 1. The Labute approximate surface area is 108 Å². The molecule has 0 bridgehead atoms. The van der Waals surface area contributed by atoms with Crippen LogP contribution in [0, 0.1) is 0 Å². The van der Waals surface area contributed by atoms with E-state index in [-0.39, 0.29) is 0 Å². The summed E-state index contributed by atoms with van der Waals surface area (Å²) < 4.78 is 4.07. The van der Waals surface area contributed by atoms with Gasteiger partial charge in [-0.3, -0.25) is 4.68 Å². The molecule has 0 aliphatic rings. The molecule has 1 N–H and O–H groups in total. The van der Waals surface area contributed by atoms with Crippen molar-refractivity contribution in [2.75, 3.05) is 6.54 Å². The minimum Gasteiger partial charge on any atom is -0.337 e. The Hall–Kier alpha value is -1.62. The maximum Gasteiger partial charge on any atom is 0.0945 e. The molecule has 0 unspecified atom stereocenters. The largest absolute Gasteiger partial charge is 0.337 e. The molecule has 0 radical (unpaired) electrons. The fourth-order valence-electron chi connectivity index (χ4n) is 1.87. The molecule has 0 spiro atoms. The molecule has 0 fully saturated rings. The van der Waals surface area contributed by atoms with Crippen molar-refractivity contribution in [1.29, 1.82) is 0 Å². The molecular formula is C13H21N5. The molecule has 0 atom stereocenters. The lowest BCUT2D eigenvalue weighted by molar-refractivity contribution is 0.568. The molecule has 18 heavy (non-hydrogen) atoms. The lowest BCUT2D eigenvalue weighted by Gasteiger charge is -2.04. The Morgan fingerprint density at radius 1 is 1.33 bits per heavy atom. The van der Waals surface area contributed by atoms with Gasteiger partial charge in [0.25, 0.3) is 0 Å². The van der Waals surface area contributed by atoms with Gasteiger partial charge in [-0.2, -0.15) is 5.10 Å². The number of nitrogens with zero attached hydrogens (tertiary/aromatic N) is 4. The highest BCUT2D eigenvalue weighted by molar-refractivity contribution is 5.02. The quantitative estimate of drug-likeness (QED) is 0.722. The Morgan fingerprint density at radius 3 is 3.00 bits per heavy atom. The van der Waals surface area contributed by atoms with Gasteiger partial charge in [0, 0.05) is 43.8 Å². The van der Waals surface area contributed by atoms with Crippen LogP contribution in [0.4, 0.5) is 0 Å². The van der Waals surface area contributed by atoms with Crippen molar-refractivity contribution < 1.29 is 0 Å². The van der Waals surface area contributed by atoms with Crippen LogP contribution in [0.3, 0.4) is 0 Å². The SMILES string of the molecule is CCn1cc(CNCCCCn2ccnc2)cn1. The molecule has 2 aromatic heterocycles. The van der Waals surface area contributed by atoms with Crippen LogP contribution in [-0.4, -0.2) is 25.9 Å². The first-order valence-electron chi connectivity index (χ1n) is 6.56. The van der Waals surface area contributed by atoms with Crippen LogP contribution in [0.25, 0.3) is 0 Å². The number of imidazole rings is 1. The van der Waals surface area contributed by atoms with Gasteiger partial charge in [-0.15, -0.1) is 0 Å². The molecule has 98 valence electrons. The van der Waals surface area contributed by atoms with Crippen LogP contribution in [0.1, 0.15) is 25.3 Å². The predicted octanol–water partition coefficient (Wildman–Crippen LogP) is 1.67. The summed E-state index contributed by atoms with van der Waals surface area (Å²) in [6.45, 7) is 6.04. The van der Waals surface area contributed by atoms with E-state index in [1.807, 2.05) is 29.6 Å². The van der Waals surface area contributed by atoms with Crippen LogP contribution in [-0.2, 0) is 19.6 Å². The fraction of sp³-hybridized carbons (Fsp3) is 0.538. The predicted molar refractivity (Wildman–Crippen MR) is 71.1 cm³/mol. The van der Waals surface area contributed by atoms with E-state index < -0.39 is 0 Å². The zero-order chi connectivity index (χ0) is 12.6. The molecule has 0 amide bonds. The van der Waals surface area contributed by atoms with Gasteiger partial charge in [0.15, 0.2) is 0 Å². The topological polar surface area (TPSA) is 47.7 Å². The molecular weight excluding hydrogens is 226 g/mol. The summed E-state index contributed by atoms with van der Waals surface area (Å²) in [4.78, 5) is 4.03. The van der Waals surface area contributed by atoms with Gasteiger partial charge in [-0.1, -0.05) is 0 Å². The van der Waals surface area contributed by atoms with Gasteiger partial charge in [0.05, 0.1) is 12.5 Å². The van der Waals surface area contributed by atoms with Gasteiger partial charge < -0.3 is 9.88 Å². The van der Waals surface area contributed by atoms with E-state index in [0.717, 1.165) is 26.2 Å². The summed E-state index contributed by atoms with van der Waals surface area (Å²) in [6.07, 6.45) is 12.1. The van der Waals surface area contributed by atoms with Crippen molar-refractivity contribution in [3.05, 3.63) is 36.7 Å². The highest BCUT2D eigenvalue weighted by atomic mass is 15.3. The number of hydrogen-bond donors (Lipinski definition) is 1. The average molecular weight is 247 g/mol. The van der Waals surface area contributed by atoms with Gasteiger partial charge in [-0.05, 0) is 26.3 Å². The Bertz CT molecular complexity index is 432. The Kier molecular flexibility index (Phi) is 4.96. The van der Waals surface area contributed by atoms with E-state index in [9.17, 15) is 0 Å². The summed E-state index contributed by atoms with van der Waals surface area (Å²) in [6, 6.07) is 0. The van der Waals surface area contributed by atoms with E-state index in [1.54, 1.807) is 0 Å². The number of rotatable bonds is 8. The minimum atomic E-state index is 0.908. The Morgan fingerprint density at radius 2 is 2.28 bits per heavy atom. The van der Waals surface area contributed by atoms with Gasteiger partial charge in [0.2, 0.25) is 0 Å². The average Bonchev–Trinajstić information content (AvgIpc) is 3.04. The molecule has 2 rings (SSSR count). The highest BCUT2D eigenvalue weighted by Crippen LogP contribution is 1.98. The number of unbranched alkanes of at least 4 members (excludes halogenated alkanes) is 1. The standard InChI is InChI=1S/C13H21N5/c1-2-18-11-13(10-16-18)9-14-5-3-4-7-17-8-6-15-12-17/h6,8,10-12,14H,2-5,7,9H2,1H3. The molecule has 2 aromatic rings. The lowest BCUT2D eigenvalue weighted by atomic mass is 10.3. The van der Waals surface area contributed by atoms with Crippen molar-refractivity contribution in [2.45, 2.75) is 39.4 Å². The van der Waals surface area contributed by atoms with Crippen LogP contribution in [0.15, 0.2) is 31.1 Å². The van der Waals surface area contributed by atoms with Crippen LogP contribution in [0.2, 0.25) is 0 Å². The molecule has 0 aromatic carbocycles. The second-order valence-corrected chi connectivity index (χ2v) is 4.39. The third kappa shape index (κ3) is 4.00. The minimum absolute atomic E-state index is 0.908. The van der Waals surface area contributed by atoms with E-state index in [1.165, 1.54) is 18.4 Å². The van der Waals surface area contributed by atoms with Gasteiger partial charge in [-0.25, -0.2) is 4.98 Å². The molecule has 0 aliphatic carbocycles. The van der Waals surface area contributed by atoms with Crippen molar-refractivity contribution in [1.82, 2.24) is 24.6 Å². The summed E-state index contributed by atoms with van der Waals surface area (Å²) in [5.41, 5.74) is 1.26. The van der Waals surface area contributed by atoms with Crippen LogP contribution in [0.5, 0.6) is 0 Å². The normalized spacial score (nSPS) is 10.9. The van der Waals surface area contributed by atoms with E-state index in [2.05, 4.69) is 33.1 Å². The second-order valence-electron chi connectivity index (χ2n) is 4.39. The summed E-state index contributed by atoms with van der Waals surface area (Å²) in [5, 5.41) is 7.69. The lowest BCUT2D eigenvalue weighted by Crippen LogP contribution is -2.14. The maximum absolute atomic E-state index is 4.25. The fourth-order valence-corrected chi connectivity index (χ4v) is 1.87. The molecule has 5 heteroatoms. The molecule has 0 aliphatic heterocycles. The maximum atomic E-state index is 4.25. The van der Waals surface area contributed by atoms with E-state index in [4.69, 9.17) is 0 Å².